The van der Waals surface area contributed by atoms with E-state index in [9.17, 15) is 9.59 Å². The Labute approximate surface area is 120 Å². The van der Waals surface area contributed by atoms with Crippen molar-refractivity contribution >= 4 is 12.2 Å². The van der Waals surface area contributed by atoms with Gasteiger partial charge in [-0.1, -0.05) is 31.9 Å². The number of carbonyl (C=O) groups is 2. The van der Waals surface area contributed by atoms with Crippen molar-refractivity contribution in [3.63, 3.8) is 0 Å². The van der Waals surface area contributed by atoms with Gasteiger partial charge in [0.25, 0.3) is 0 Å². The lowest BCUT2D eigenvalue weighted by Crippen LogP contribution is -2.41. The molecule has 5 heteroatoms. The molecule has 1 aliphatic rings. The van der Waals surface area contributed by atoms with E-state index in [-0.39, 0.29) is 12.6 Å². The van der Waals surface area contributed by atoms with Gasteiger partial charge in [-0.25, -0.2) is 14.5 Å². The van der Waals surface area contributed by atoms with Gasteiger partial charge in [0, 0.05) is 0 Å². The van der Waals surface area contributed by atoms with Gasteiger partial charge in [0.2, 0.25) is 0 Å². The van der Waals surface area contributed by atoms with Gasteiger partial charge in [0.1, 0.15) is 12.2 Å². The predicted molar refractivity (Wildman–Crippen MR) is 76.5 cm³/mol. The zero-order chi connectivity index (χ0) is 15.2. The van der Waals surface area contributed by atoms with E-state index in [0.29, 0.717) is 0 Å². The molecule has 2 amide bonds. The summed E-state index contributed by atoms with van der Waals surface area (Å²) in [6.07, 6.45) is 6.97. The van der Waals surface area contributed by atoms with Gasteiger partial charge in [-0.15, -0.1) is 0 Å². The number of imide groups is 1. The van der Waals surface area contributed by atoms with Crippen LogP contribution in [0.5, 0.6) is 0 Å². The fourth-order valence-electron chi connectivity index (χ4n) is 1.86. The second-order valence-electron chi connectivity index (χ2n) is 5.92. The molecule has 0 aliphatic carbocycles. The summed E-state index contributed by atoms with van der Waals surface area (Å²) in [5.74, 6) is 0. The third-order valence-corrected chi connectivity index (χ3v) is 2.83. The summed E-state index contributed by atoms with van der Waals surface area (Å²) in [6, 6.07) is -0.362. The van der Waals surface area contributed by atoms with E-state index in [1.165, 1.54) is 12.8 Å². The molecule has 0 spiro atoms. The van der Waals surface area contributed by atoms with Gasteiger partial charge in [0.15, 0.2) is 0 Å². The van der Waals surface area contributed by atoms with Crippen LogP contribution in [0.1, 0.15) is 53.4 Å². The van der Waals surface area contributed by atoms with Crippen LogP contribution < -0.4 is 0 Å². The largest absolute Gasteiger partial charge is 0.446 e. The van der Waals surface area contributed by atoms with E-state index in [2.05, 4.69) is 6.92 Å². The van der Waals surface area contributed by atoms with Crippen LogP contribution in [0, 0.1) is 0 Å². The molecule has 5 nitrogen and oxygen atoms in total. The molecule has 0 aromatic carbocycles. The van der Waals surface area contributed by atoms with Crippen molar-refractivity contribution in [3.05, 3.63) is 12.2 Å². The molecule has 1 heterocycles. The first-order valence-electron chi connectivity index (χ1n) is 7.20. The van der Waals surface area contributed by atoms with Crippen LogP contribution in [0.2, 0.25) is 0 Å². The molecule has 0 saturated carbocycles. The van der Waals surface area contributed by atoms with E-state index in [1.807, 2.05) is 12.2 Å². The average Bonchev–Trinajstić information content (AvgIpc) is 2.68. The van der Waals surface area contributed by atoms with Crippen molar-refractivity contribution in [1.82, 2.24) is 4.90 Å². The third kappa shape index (κ3) is 5.23. The van der Waals surface area contributed by atoms with Crippen molar-refractivity contribution in [2.75, 3.05) is 6.61 Å². The number of ether oxygens (including phenoxy) is 2. The number of carbonyl (C=O) groups excluding carboxylic acids is 2. The molecule has 1 rings (SSSR count). The van der Waals surface area contributed by atoms with Crippen LogP contribution >= 0.6 is 0 Å². The van der Waals surface area contributed by atoms with E-state index >= 15 is 0 Å². The van der Waals surface area contributed by atoms with Crippen LogP contribution in [0.3, 0.4) is 0 Å². The van der Waals surface area contributed by atoms with Crippen LogP contribution in [-0.4, -0.2) is 35.3 Å². The maximum atomic E-state index is 12.0. The van der Waals surface area contributed by atoms with Crippen molar-refractivity contribution in [2.45, 2.75) is 65.0 Å². The molecule has 0 aromatic rings. The molecule has 114 valence electrons. The Hall–Kier alpha value is -1.52. The highest BCUT2D eigenvalue weighted by molar-refractivity contribution is 5.90. The second kappa shape index (κ2) is 7.31. The van der Waals surface area contributed by atoms with Crippen molar-refractivity contribution in [2.24, 2.45) is 0 Å². The average molecular weight is 283 g/mol. The summed E-state index contributed by atoms with van der Waals surface area (Å²) in [6.45, 7) is 7.64. The van der Waals surface area contributed by atoms with Crippen molar-refractivity contribution < 1.29 is 19.1 Å². The highest BCUT2D eigenvalue weighted by Gasteiger charge is 2.39. The smallest absolute Gasteiger partial charge is 0.420 e. The molecule has 1 aliphatic heterocycles. The summed E-state index contributed by atoms with van der Waals surface area (Å²) in [4.78, 5) is 24.6. The first kappa shape index (κ1) is 16.5. The number of amides is 2. The number of rotatable bonds is 5. The highest BCUT2D eigenvalue weighted by atomic mass is 16.6. The molecule has 1 atom stereocenters. The maximum Gasteiger partial charge on any atom is 0.420 e. The minimum absolute atomic E-state index is 0.197. The lowest BCUT2D eigenvalue weighted by atomic mass is 10.1. The fraction of sp³-hybridized carbons (Fsp3) is 0.733. The van der Waals surface area contributed by atoms with Gasteiger partial charge in [-0.05, 0) is 33.6 Å². The Balaban J connectivity index is 2.57. The summed E-state index contributed by atoms with van der Waals surface area (Å²) < 4.78 is 10.1. The predicted octanol–water partition coefficient (Wildman–Crippen LogP) is 3.88. The van der Waals surface area contributed by atoms with Gasteiger partial charge in [0.05, 0.1) is 6.04 Å². The molecule has 0 aromatic heterocycles. The topological polar surface area (TPSA) is 55.8 Å². The summed E-state index contributed by atoms with van der Waals surface area (Å²) in [5, 5.41) is 0. The molecule has 1 fully saturated rings. The van der Waals surface area contributed by atoms with Gasteiger partial charge in [-0.3, -0.25) is 0 Å². The van der Waals surface area contributed by atoms with Gasteiger partial charge < -0.3 is 9.47 Å². The summed E-state index contributed by atoms with van der Waals surface area (Å²) >= 11 is 0. The highest BCUT2D eigenvalue weighted by Crippen LogP contribution is 2.19. The van der Waals surface area contributed by atoms with E-state index in [4.69, 9.17) is 9.47 Å². The quantitative estimate of drug-likeness (QED) is 0.567. The molecule has 1 saturated heterocycles. The number of unbranched alkanes of at least 4 members (excludes halogenated alkanes) is 3. The normalized spacial score (nSPS) is 19.5. The minimum atomic E-state index is -0.650. The van der Waals surface area contributed by atoms with Crippen LogP contribution in [0.25, 0.3) is 0 Å². The maximum absolute atomic E-state index is 12.0. The lowest BCUT2D eigenvalue weighted by molar-refractivity contribution is 0.0312. The zero-order valence-corrected chi connectivity index (χ0v) is 12.8. The Morgan fingerprint density at radius 2 is 2.15 bits per heavy atom. The number of cyclic esters (lactones) is 1. The summed E-state index contributed by atoms with van der Waals surface area (Å²) in [7, 11) is 0. The Morgan fingerprint density at radius 3 is 2.75 bits per heavy atom. The Bertz CT molecular complexity index is 371. The Kier molecular flexibility index (Phi) is 6.05. The van der Waals surface area contributed by atoms with Crippen LogP contribution in [0.15, 0.2) is 12.2 Å². The molecule has 20 heavy (non-hydrogen) atoms. The van der Waals surface area contributed by atoms with E-state index in [1.54, 1.807) is 20.8 Å². The third-order valence-electron chi connectivity index (χ3n) is 2.83. The zero-order valence-electron chi connectivity index (χ0n) is 12.8. The monoisotopic (exact) mass is 283 g/mol. The Morgan fingerprint density at radius 1 is 1.45 bits per heavy atom. The van der Waals surface area contributed by atoms with E-state index in [0.717, 1.165) is 17.7 Å². The molecule has 0 bridgehead atoms. The second-order valence-corrected chi connectivity index (χ2v) is 5.92. The first-order chi connectivity index (χ1) is 9.35. The van der Waals surface area contributed by atoms with E-state index < -0.39 is 17.8 Å². The number of allylic oxidation sites excluding steroid dienone is 1. The molecular weight excluding hydrogens is 258 g/mol. The van der Waals surface area contributed by atoms with Crippen LogP contribution in [0.4, 0.5) is 9.59 Å². The molecule has 0 unspecified atom stereocenters. The molecular formula is C15H25NO4. The van der Waals surface area contributed by atoms with Gasteiger partial charge >= 0.3 is 12.2 Å². The van der Waals surface area contributed by atoms with Crippen molar-refractivity contribution in [1.29, 1.82) is 0 Å². The van der Waals surface area contributed by atoms with Crippen LogP contribution in [-0.2, 0) is 9.47 Å². The van der Waals surface area contributed by atoms with Gasteiger partial charge in [-0.2, -0.15) is 0 Å². The summed E-state index contributed by atoms with van der Waals surface area (Å²) in [5.41, 5.74) is -0.630. The lowest BCUT2D eigenvalue weighted by Gasteiger charge is -2.24. The SMILES string of the molecule is CCCCC/C=C\[C@@H]1COC(=O)N1C(=O)OC(C)(C)C. The molecule has 0 radical (unpaired) electrons. The first-order valence-corrected chi connectivity index (χ1v) is 7.20. The number of nitrogens with zero attached hydrogens (tertiary/aromatic N) is 1. The minimum Gasteiger partial charge on any atom is -0.446 e. The number of hydrogen-bond donors (Lipinski definition) is 0. The molecule has 0 N–H and O–H groups in total. The van der Waals surface area contributed by atoms with Crippen molar-refractivity contribution in [3.8, 4) is 0 Å². The standard InChI is InChI=1S/C15H25NO4/c1-5-6-7-8-9-10-12-11-19-13(17)16(12)14(18)20-15(2,3)4/h9-10,12H,5-8,11H2,1-4H3/b10-9-/t12-/m1/s1. The number of hydrogen-bond acceptors (Lipinski definition) is 4. The fourth-order valence-corrected chi connectivity index (χ4v) is 1.86.